The summed E-state index contributed by atoms with van der Waals surface area (Å²) in [5.41, 5.74) is -4.19. The van der Waals surface area contributed by atoms with Crippen molar-refractivity contribution in [3.05, 3.63) is 70.9 Å². The first-order chi connectivity index (χ1) is 20.7. The molecule has 2 N–H and O–H groups in total. The van der Waals surface area contributed by atoms with Crippen LogP contribution in [-0.2, 0) is 26.7 Å². The first kappa shape index (κ1) is 31.2. The van der Waals surface area contributed by atoms with Gasteiger partial charge in [-0.15, -0.1) is 11.8 Å². The molecule has 0 bridgehead atoms. The second kappa shape index (κ2) is 11.7. The van der Waals surface area contributed by atoms with Crippen molar-refractivity contribution in [1.29, 1.82) is 0 Å². The van der Waals surface area contributed by atoms with Crippen LogP contribution in [0.5, 0.6) is 5.75 Å². The summed E-state index contributed by atoms with van der Waals surface area (Å²) < 4.78 is 90.9. The molecule has 2 aliphatic rings. The number of aromatic nitrogens is 1. The zero-order chi connectivity index (χ0) is 32.0. The van der Waals surface area contributed by atoms with Crippen molar-refractivity contribution >= 4 is 57.3 Å². The molecule has 44 heavy (non-hydrogen) atoms. The standard InChI is InChI=1S/C26H17F6N3O7S2/c27-25(28,29)13-4-1-3-12-15(7-16(26(30,31)32)33-18(12)13)42-8-17(36)34-19-21(37)35-20(23(38)39)11(9-43-22(19)35)10-44-24(40)14-5-2-6-41-14/h1-7,19,22H,8-10H2,(H,34,36)(H,38,39)/t19-,22-/m1/s1. The first-order valence-corrected chi connectivity index (χ1v) is 14.3. The van der Waals surface area contributed by atoms with Crippen LogP contribution in [0.25, 0.3) is 10.9 Å². The summed E-state index contributed by atoms with van der Waals surface area (Å²) in [6.07, 6.45) is -8.86. The summed E-state index contributed by atoms with van der Waals surface area (Å²) in [4.78, 5) is 53.9. The van der Waals surface area contributed by atoms with Gasteiger partial charge in [0.25, 0.3) is 16.9 Å². The van der Waals surface area contributed by atoms with E-state index in [9.17, 15) is 50.6 Å². The molecule has 1 aromatic carbocycles. The van der Waals surface area contributed by atoms with Gasteiger partial charge < -0.3 is 19.6 Å². The van der Waals surface area contributed by atoms with Gasteiger partial charge in [0.1, 0.15) is 28.6 Å². The molecule has 0 unspecified atom stereocenters. The van der Waals surface area contributed by atoms with Gasteiger partial charge in [0.05, 0.1) is 17.3 Å². The topological polar surface area (TPSA) is 139 Å². The Morgan fingerprint density at radius 2 is 1.89 bits per heavy atom. The van der Waals surface area contributed by atoms with Crippen LogP contribution in [0.15, 0.2) is 58.3 Å². The van der Waals surface area contributed by atoms with Crippen LogP contribution in [0.4, 0.5) is 26.3 Å². The van der Waals surface area contributed by atoms with Crippen molar-refractivity contribution in [2.45, 2.75) is 23.8 Å². The van der Waals surface area contributed by atoms with Gasteiger partial charge in [0.2, 0.25) is 0 Å². The Hall–Kier alpha value is -4.19. The number of halogens is 6. The van der Waals surface area contributed by atoms with Gasteiger partial charge in [-0.2, -0.15) is 26.3 Å². The number of thioether (sulfide) groups is 2. The molecule has 4 heterocycles. The Bertz CT molecular complexity index is 1690. The fraction of sp³-hybridized carbons (Fsp3) is 0.269. The Kier molecular flexibility index (Phi) is 8.32. The van der Waals surface area contributed by atoms with Crippen molar-refractivity contribution in [3.8, 4) is 5.75 Å². The maximum Gasteiger partial charge on any atom is 0.433 e. The number of pyridine rings is 1. The van der Waals surface area contributed by atoms with Crippen molar-refractivity contribution in [3.63, 3.8) is 0 Å². The summed E-state index contributed by atoms with van der Waals surface area (Å²) in [6.45, 7) is -0.980. The van der Waals surface area contributed by atoms with Crippen LogP contribution in [-0.4, -0.2) is 67.4 Å². The highest BCUT2D eigenvalue weighted by Gasteiger charge is 2.54. The van der Waals surface area contributed by atoms with Crippen LogP contribution in [0.1, 0.15) is 21.8 Å². The first-order valence-electron chi connectivity index (χ1n) is 12.3. The molecule has 2 atom stereocenters. The molecule has 232 valence electrons. The van der Waals surface area contributed by atoms with Gasteiger partial charge in [-0.05, 0) is 29.8 Å². The number of carbonyl (C=O) groups is 4. The number of hydrogen-bond donors (Lipinski definition) is 2. The summed E-state index contributed by atoms with van der Waals surface area (Å²) >= 11 is 1.89. The average molecular weight is 662 g/mol. The molecule has 2 amide bonds. The van der Waals surface area contributed by atoms with E-state index in [1.165, 1.54) is 18.4 Å². The highest BCUT2D eigenvalue weighted by molar-refractivity contribution is 8.14. The monoisotopic (exact) mass is 661 g/mol. The van der Waals surface area contributed by atoms with E-state index in [1.807, 2.05) is 0 Å². The van der Waals surface area contributed by atoms with E-state index in [4.69, 9.17) is 9.15 Å². The molecule has 0 aliphatic carbocycles. The Morgan fingerprint density at radius 1 is 1.14 bits per heavy atom. The third-order valence-electron chi connectivity index (χ3n) is 6.42. The maximum atomic E-state index is 13.5. The summed E-state index contributed by atoms with van der Waals surface area (Å²) in [5, 5.41) is 10.4. The molecule has 3 aromatic rings. The van der Waals surface area contributed by atoms with Crippen molar-refractivity contribution in [2.75, 3.05) is 18.1 Å². The minimum absolute atomic E-state index is 0.0502. The Labute approximate surface area is 250 Å². The van der Waals surface area contributed by atoms with Gasteiger partial charge in [0, 0.05) is 23.0 Å². The van der Waals surface area contributed by atoms with E-state index >= 15 is 0 Å². The van der Waals surface area contributed by atoms with Crippen LogP contribution < -0.4 is 10.1 Å². The van der Waals surface area contributed by atoms with E-state index in [-0.39, 0.29) is 28.5 Å². The lowest BCUT2D eigenvalue weighted by Crippen LogP contribution is -2.70. The van der Waals surface area contributed by atoms with Gasteiger partial charge in [-0.3, -0.25) is 19.3 Å². The van der Waals surface area contributed by atoms with Gasteiger partial charge in [0.15, 0.2) is 12.4 Å². The smallest absolute Gasteiger partial charge is 0.433 e. The highest BCUT2D eigenvalue weighted by atomic mass is 32.2. The quantitative estimate of drug-likeness (QED) is 0.261. The molecule has 1 fully saturated rings. The number of furan rings is 1. The number of carboxylic acid groups (broad SMARTS) is 1. The molecule has 0 saturated carbocycles. The molecule has 10 nitrogen and oxygen atoms in total. The SMILES string of the molecule is O=C(COc1cc(C(F)(F)F)nc2c(C(F)(F)F)cccc12)N[C@@H]1C(=O)N2C(C(=O)O)=C(CSC(=O)c3ccco3)CS[C@H]12. The van der Waals surface area contributed by atoms with Gasteiger partial charge in [-0.25, -0.2) is 9.78 Å². The maximum absolute atomic E-state index is 13.5. The summed E-state index contributed by atoms with van der Waals surface area (Å²) in [6, 6.07) is 4.65. The van der Waals surface area contributed by atoms with E-state index in [0.717, 1.165) is 40.6 Å². The van der Waals surface area contributed by atoms with Crippen molar-refractivity contribution < 1.29 is 59.8 Å². The minimum atomic E-state index is -5.13. The van der Waals surface area contributed by atoms with Crippen LogP contribution in [0, 0.1) is 0 Å². The molecule has 2 aromatic heterocycles. The number of nitrogens with one attached hydrogen (secondary N) is 1. The zero-order valence-electron chi connectivity index (χ0n) is 21.7. The van der Waals surface area contributed by atoms with Crippen LogP contribution in [0.2, 0.25) is 0 Å². The highest BCUT2D eigenvalue weighted by Crippen LogP contribution is 2.42. The molecule has 5 rings (SSSR count). The Balaban J connectivity index is 1.29. The number of amides is 2. The predicted molar refractivity (Wildman–Crippen MR) is 142 cm³/mol. The molecule has 1 saturated heterocycles. The second-order valence-corrected chi connectivity index (χ2v) is 11.3. The number of para-hydroxylation sites is 1. The predicted octanol–water partition coefficient (Wildman–Crippen LogP) is 4.56. The molecular formula is C26H17F6N3O7S2. The number of aliphatic carboxylic acids is 1. The van der Waals surface area contributed by atoms with E-state index in [1.54, 1.807) is 0 Å². The fourth-order valence-corrected chi connectivity index (χ4v) is 6.76. The van der Waals surface area contributed by atoms with Gasteiger partial charge >= 0.3 is 18.3 Å². The number of hydrogen-bond acceptors (Lipinski definition) is 9. The number of carboxylic acids is 1. The number of ether oxygens (including phenoxy) is 1. The largest absolute Gasteiger partial charge is 0.483 e. The lowest BCUT2D eigenvalue weighted by molar-refractivity contribution is -0.150. The molecular weight excluding hydrogens is 644 g/mol. The third-order valence-corrected chi connectivity index (χ3v) is 8.72. The number of rotatable bonds is 8. The Morgan fingerprint density at radius 3 is 2.52 bits per heavy atom. The average Bonchev–Trinajstić information content (AvgIpc) is 3.50. The number of alkyl halides is 6. The van der Waals surface area contributed by atoms with Gasteiger partial charge in [-0.1, -0.05) is 17.8 Å². The lowest BCUT2D eigenvalue weighted by Gasteiger charge is -2.49. The third kappa shape index (κ3) is 6.08. The summed E-state index contributed by atoms with van der Waals surface area (Å²) in [7, 11) is 0. The summed E-state index contributed by atoms with van der Waals surface area (Å²) in [5.74, 6) is -3.81. The number of nitrogens with zero attached hydrogens (tertiary/aromatic N) is 2. The van der Waals surface area contributed by atoms with Crippen LogP contribution >= 0.6 is 23.5 Å². The lowest BCUT2D eigenvalue weighted by atomic mass is 10.0. The van der Waals surface area contributed by atoms with Crippen molar-refractivity contribution in [1.82, 2.24) is 15.2 Å². The van der Waals surface area contributed by atoms with E-state index in [2.05, 4.69) is 10.3 Å². The number of carbonyl (C=O) groups excluding carboxylic acids is 3. The van der Waals surface area contributed by atoms with Crippen LogP contribution in [0.3, 0.4) is 0 Å². The van der Waals surface area contributed by atoms with Crippen molar-refractivity contribution in [2.24, 2.45) is 0 Å². The minimum Gasteiger partial charge on any atom is -0.483 e. The zero-order valence-corrected chi connectivity index (χ0v) is 23.3. The molecule has 0 spiro atoms. The number of benzene rings is 1. The van der Waals surface area contributed by atoms with E-state index in [0.29, 0.717) is 12.1 Å². The molecule has 18 heteroatoms. The van der Waals surface area contributed by atoms with E-state index < -0.39 is 81.2 Å². The number of fused-ring (bicyclic) bond motifs is 2. The second-order valence-electron chi connectivity index (χ2n) is 9.26. The molecule has 2 aliphatic heterocycles. The molecule has 0 radical (unpaired) electrons. The normalized spacial score (nSPS) is 18.6. The number of β-lactam (4-membered cyclic amide) rings is 1. The fourth-order valence-electron chi connectivity index (χ4n) is 4.48.